The minimum absolute atomic E-state index is 0.00673. The Morgan fingerprint density at radius 2 is 1.59 bits per heavy atom. The van der Waals surface area contributed by atoms with Crippen LogP contribution in [0.4, 0.5) is 0 Å². The molecule has 364 valence electrons. The van der Waals surface area contributed by atoms with Crippen molar-refractivity contribution >= 4 is 29.0 Å². The van der Waals surface area contributed by atoms with E-state index >= 15 is 0 Å². The molecule has 2 saturated carbocycles. The van der Waals surface area contributed by atoms with Gasteiger partial charge in [-0.1, -0.05) is 70.7 Å². The fraction of sp³-hybridized carbons (Fsp3) is 0.574. The van der Waals surface area contributed by atoms with E-state index < -0.39 is 11.4 Å². The van der Waals surface area contributed by atoms with Gasteiger partial charge >= 0.3 is 0 Å². The van der Waals surface area contributed by atoms with Gasteiger partial charge in [0.05, 0.1) is 28.1 Å². The Morgan fingerprint density at radius 1 is 0.897 bits per heavy atom. The van der Waals surface area contributed by atoms with Crippen LogP contribution in [-0.2, 0) is 15.2 Å². The van der Waals surface area contributed by atoms with Gasteiger partial charge < -0.3 is 34.9 Å². The van der Waals surface area contributed by atoms with Gasteiger partial charge in [0.25, 0.3) is 0 Å². The number of nitrogens with zero attached hydrogens (tertiary/aromatic N) is 3. The molecule has 0 aromatic heterocycles. The topological polar surface area (TPSA) is 160 Å². The molecule has 0 spiro atoms. The van der Waals surface area contributed by atoms with Crippen LogP contribution in [0.15, 0.2) is 66.9 Å². The lowest BCUT2D eigenvalue weighted by Crippen LogP contribution is -2.78. The number of benzene rings is 3. The summed E-state index contributed by atoms with van der Waals surface area (Å²) in [5.74, 6) is 2.58. The second-order valence-electron chi connectivity index (χ2n) is 21.9. The molecule has 2 aliphatic carbocycles. The number of hydrogen-bond donors (Lipinski definition) is 5. The van der Waals surface area contributed by atoms with E-state index in [1.165, 1.54) is 19.3 Å². The zero-order chi connectivity index (χ0) is 48.2. The molecule has 0 bridgehead atoms. The normalized spacial score (nSPS) is 28.7. The van der Waals surface area contributed by atoms with Crippen LogP contribution in [0, 0.1) is 39.9 Å². The fourth-order valence-electron chi connectivity index (χ4n) is 12.7. The predicted molar refractivity (Wildman–Crippen MR) is 263 cm³/mol. The molecule has 2 unspecified atom stereocenters. The lowest BCUT2D eigenvalue weighted by atomic mass is 9.49. The highest BCUT2D eigenvalue weighted by Gasteiger charge is 2.64. The van der Waals surface area contributed by atoms with Gasteiger partial charge in [0.1, 0.15) is 47.1 Å². The number of nitrogens with one attached hydrogen (secondary N) is 4. The van der Waals surface area contributed by atoms with Crippen molar-refractivity contribution in [1.82, 2.24) is 31.1 Å². The van der Waals surface area contributed by atoms with Gasteiger partial charge in [0.2, 0.25) is 11.8 Å². The first-order valence-electron chi connectivity index (χ1n) is 24.8. The number of hydrogen-bond acceptors (Lipinski definition) is 11. The van der Waals surface area contributed by atoms with Gasteiger partial charge in [-0.3, -0.25) is 25.1 Å². The van der Waals surface area contributed by atoms with E-state index in [0.717, 1.165) is 74.2 Å². The number of aliphatic hydroxyl groups is 1. The Kier molecular flexibility index (Phi) is 13.4. The number of carbonyl (C=O) groups excluding carboxylic acids is 2. The Morgan fingerprint density at radius 3 is 2.26 bits per heavy atom. The first kappa shape index (κ1) is 48.3. The third-order valence-corrected chi connectivity index (χ3v) is 16.4. The first-order chi connectivity index (χ1) is 32.4. The van der Waals surface area contributed by atoms with Crippen molar-refractivity contribution in [3.8, 4) is 29.1 Å². The average Bonchev–Trinajstić information content (AvgIpc) is 3.82. The summed E-state index contributed by atoms with van der Waals surface area (Å²) in [4.78, 5) is 31.4. The van der Waals surface area contributed by atoms with Crippen molar-refractivity contribution in [3.05, 3.63) is 88.6 Å². The number of likely N-dealkylation sites (tertiary alicyclic amines) is 1. The molecule has 9 rings (SSSR count). The molecule has 3 saturated heterocycles. The van der Waals surface area contributed by atoms with Crippen molar-refractivity contribution in [2.45, 2.75) is 129 Å². The summed E-state index contributed by atoms with van der Waals surface area (Å²) in [5, 5.41) is 35.4. The standard InChI is InChI=1S/C54H70ClN7O6/c1-51(2)49(52(3,4)50(51)68-40-18-16-33(29-56)44(55)28-40)60-47(63)34-30-58-54(59-31-34,35-12-9-8-10-13-35)62-24-21-37(22-25-62)66-38-14-11-15-39(27-38)67-45-19-17-36(53(5,6)65)26-42(45)43-32-61(7)48(64)46-41(43)20-23-57-46/h11,14-19,26-28,32,34-35,37,41,46,49-50,57-59,65H,8-10,12-13,20-25,30-31H2,1-7H3,(H,60,63). The van der Waals surface area contributed by atoms with Gasteiger partial charge in [0.15, 0.2) is 0 Å². The van der Waals surface area contributed by atoms with E-state index in [0.29, 0.717) is 46.8 Å². The minimum atomic E-state index is -1.06. The molecule has 0 radical (unpaired) electrons. The van der Waals surface area contributed by atoms with Gasteiger partial charge in [0, 0.05) is 85.8 Å². The van der Waals surface area contributed by atoms with Crippen LogP contribution >= 0.6 is 11.6 Å². The van der Waals surface area contributed by atoms with E-state index in [4.69, 9.17) is 25.8 Å². The molecular formula is C54H70ClN7O6. The molecule has 2 amide bonds. The number of ether oxygens (including phenoxy) is 3. The second kappa shape index (κ2) is 18.9. The quantitative estimate of drug-likeness (QED) is 0.120. The van der Waals surface area contributed by atoms with E-state index in [2.05, 4.69) is 59.9 Å². The van der Waals surface area contributed by atoms with E-state index in [1.807, 2.05) is 48.7 Å². The predicted octanol–water partition coefficient (Wildman–Crippen LogP) is 7.91. The molecule has 68 heavy (non-hydrogen) atoms. The highest BCUT2D eigenvalue weighted by atomic mass is 35.5. The lowest BCUT2D eigenvalue weighted by Gasteiger charge is -2.63. The fourth-order valence-corrected chi connectivity index (χ4v) is 12.9. The third kappa shape index (κ3) is 9.25. The van der Waals surface area contributed by atoms with Crippen LogP contribution in [-0.4, -0.2) is 96.6 Å². The Bertz CT molecular complexity index is 2420. The molecular weight excluding hydrogens is 878 g/mol. The first-order valence-corrected chi connectivity index (χ1v) is 25.2. The summed E-state index contributed by atoms with van der Waals surface area (Å²) in [6, 6.07) is 20.5. The van der Waals surface area contributed by atoms with E-state index in [9.17, 15) is 20.0 Å². The number of halogens is 1. The van der Waals surface area contributed by atoms with Crippen molar-refractivity contribution < 1.29 is 28.9 Å². The summed E-state index contributed by atoms with van der Waals surface area (Å²) in [6.07, 6.45) is 10.3. The number of rotatable bonds is 12. The smallest absolute Gasteiger partial charge is 0.244 e. The summed E-state index contributed by atoms with van der Waals surface area (Å²) in [7, 11) is 1.79. The van der Waals surface area contributed by atoms with Crippen molar-refractivity contribution in [3.63, 3.8) is 0 Å². The van der Waals surface area contributed by atoms with Crippen molar-refractivity contribution in [2.24, 2.45) is 28.6 Å². The number of piperidine rings is 1. The average molecular weight is 949 g/mol. The molecule has 2 atom stereocenters. The van der Waals surface area contributed by atoms with Crippen LogP contribution in [0.1, 0.15) is 110 Å². The maximum atomic E-state index is 14.1. The van der Waals surface area contributed by atoms with Gasteiger partial charge in [-0.15, -0.1) is 0 Å². The number of nitriles is 1. The Hall–Kier alpha value is -4.68. The molecule has 13 nitrogen and oxygen atoms in total. The number of fused-ring (bicyclic) bond motifs is 1. The number of amides is 2. The van der Waals surface area contributed by atoms with Crippen LogP contribution in [0.2, 0.25) is 5.02 Å². The van der Waals surface area contributed by atoms with Crippen LogP contribution in [0.3, 0.4) is 0 Å². The molecule has 3 aromatic carbocycles. The molecule has 3 aromatic rings. The van der Waals surface area contributed by atoms with Gasteiger partial charge in [-0.2, -0.15) is 5.26 Å². The third-order valence-electron chi connectivity index (χ3n) is 16.1. The van der Waals surface area contributed by atoms with Crippen LogP contribution in [0.25, 0.3) is 5.57 Å². The van der Waals surface area contributed by atoms with Crippen LogP contribution in [0.5, 0.6) is 23.0 Å². The molecule has 14 heteroatoms. The molecule has 5 N–H and O–H groups in total. The SMILES string of the molecule is CN1C=C(c2cc(C(C)(C)O)ccc2Oc2cccc(OC3CCN(C4(C5CCCCC5)NCC(C(=O)NC5C(C)(C)C(Oc6ccc(C#N)c(Cl)c6)C5(C)C)CN4)CC3)c2)C2CCNC2C1=O. The minimum Gasteiger partial charge on any atom is -0.490 e. The lowest BCUT2D eigenvalue weighted by molar-refractivity contribution is -0.175. The van der Waals surface area contributed by atoms with Gasteiger partial charge in [-0.25, -0.2) is 0 Å². The Balaban J connectivity index is 0.834. The summed E-state index contributed by atoms with van der Waals surface area (Å²) >= 11 is 6.33. The monoisotopic (exact) mass is 948 g/mol. The summed E-state index contributed by atoms with van der Waals surface area (Å²) in [6.45, 7) is 15.7. The highest BCUT2D eigenvalue weighted by Crippen LogP contribution is 2.56. The highest BCUT2D eigenvalue weighted by molar-refractivity contribution is 6.31. The zero-order valence-electron chi connectivity index (χ0n) is 40.8. The van der Waals surface area contributed by atoms with E-state index in [1.54, 1.807) is 44.0 Å². The summed E-state index contributed by atoms with van der Waals surface area (Å²) < 4.78 is 19.9. The Labute approximate surface area is 407 Å². The summed E-state index contributed by atoms with van der Waals surface area (Å²) in [5.41, 5.74) is 1.31. The number of carbonyl (C=O) groups is 2. The van der Waals surface area contributed by atoms with E-state index in [-0.39, 0.29) is 58.8 Å². The van der Waals surface area contributed by atoms with Crippen molar-refractivity contribution in [1.29, 1.82) is 5.26 Å². The largest absolute Gasteiger partial charge is 0.490 e. The molecule has 5 fully saturated rings. The second-order valence-corrected chi connectivity index (χ2v) is 22.3. The number of likely N-dealkylation sites (N-methyl/N-ethyl adjacent to an activating group) is 1. The molecule has 4 heterocycles. The van der Waals surface area contributed by atoms with Crippen molar-refractivity contribution in [2.75, 3.05) is 39.8 Å². The van der Waals surface area contributed by atoms with Gasteiger partial charge in [-0.05, 0) is 100 Å². The zero-order valence-corrected chi connectivity index (χ0v) is 41.5. The molecule has 4 aliphatic heterocycles. The maximum Gasteiger partial charge on any atom is 0.244 e. The maximum absolute atomic E-state index is 14.1. The molecule has 6 aliphatic rings. The van der Waals surface area contributed by atoms with Crippen LogP contribution < -0.4 is 35.5 Å².